The van der Waals surface area contributed by atoms with Crippen LogP contribution >= 0.6 is 0 Å². The lowest BCUT2D eigenvalue weighted by atomic mass is 10.6. The summed E-state index contributed by atoms with van der Waals surface area (Å²) < 4.78 is 4.57. The molecule has 0 unspecified atom stereocenters. The smallest absolute Gasteiger partial charge is 0.176 e. The molecule has 1 radical (unpaired) electrons. The molecule has 0 aliphatic rings. The van der Waals surface area contributed by atoms with E-state index in [-0.39, 0.29) is 5.76 Å². The molecular formula is C5H7O2. The van der Waals surface area contributed by atoms with Crippen molar-refractivity contribution in [2.45, 2.75) is 6.92 Å². The Balaban J connectivity index is 3.37. The summed E-state index contributed by atoms with van der Waals surface area (Å²) >= 11 is 0. The fourth-order valence-electron chi connectivity index (χ4n) is 0.183. The molecule has 0 heterocycles. The van der Waals surface area contributed by atoms with Crippen LogP contribution in [0.5, 0.6) is 0 Å². The van der Waals surface area contributed by atoms with Gasteiger partial charge in [-0.15, -0.1) is 0 Å². The Bertz CT molecular complexity index is 90.3. The van der Waals surface area contributed by atoms with Crippen LogP contribution in [0, 0.1) is 6.92 Å². The molecule has 0 aromatic rings. The van der Waals surface area contributed by atoms with Crippen LogP contribution in [-0.4, -0.2) is 12.5 Å². The molecule has 0 aliphatic carbocycles. The van der Waals surface area contributed by atoms with E-state index in [1.54, 1.807) is 5.94 Å². The minimum absolute atomic E-state index is 0.259. The van der Waals surface area contributed by atoms with Crippen LogP contribution in [0.2, 0.25) is 0 Å². The molecule has 0 N–H and O–H groups in total. The second kappa shape index (κ2) is 3.44. The van der Waals surface area contributed by atoms with Crippen molar-refractivity contribution in [3.05, 3.63) is 12.7 Å². The largest absolute Gasteiger partial charge is 0.487 e. The van der Waals surface area contributed by atoms with Gasteiger partial charge in [0, 0.05) is 6.92 Å². The first kappa shape index (κ1) is 6.25. The third-order valence-electron chi connectivity index (χ3n) is 0.462. The van der Waals surface area contributed by atoms with E-state index in [0.717, 1.165) is 0 Å². The summed E-state index contributed by atoms with van der Waals surface area (Å²) in [5, 5.41) is 0. The Hall–Kier alpha value is -0.750. The van der Waals surface area contributed by atoms with Crippen LogP contribution in [0.4, 0.5) is 0 Å². The molecule has 0 spiro atoms. The fourth-order valence-corrected chi connectivity index (χ4v) is 0.183. The fraction of sp³-hybridized carbons (Fsp3) is 0.400. The van der Waals surface area contributed by atoms with Gasteiger partial charge in [0.1, 0.15) is 0 Å². The van der Waals surface area contributed by atoms with Crippen molar-refractivity contribution in [3.8, 4) is 0 Å². The van der Waals surface area contributed by atoms with Gasteiger partial charge < -0.3 is 4.74 Å². The van der Waals surface area contributed by atoms with Crippen LogP contribution in [0.25, 0.3) is 0 Å². The average Bonchev–Trinajstić information content (AvgIpc) is 1.68. The lowest BCUT2D eigenvalue weighted by Gasteiger charge is -1.92. The third kappa shape index (κ3) is 3.07. The number of rotatable bonds is 2. The van der Waals surface area contributed by atoms with Crippen molar-refractivity contribution < 1.29 is 9.53 Å². The van der Waals surface area contributed by atoms with Gasteiger partial charge in [-0.3, -0.25) is 0 Å². The zero-order chi connectivity index (χ0) is 5.70. The van der Waals surface area contributed by atoms with Crippen molar-refractivity contribution in [2.24, 2.45) is 0 Å². The van der Waals surface area contributed by atoms with Gasteiger partial charge >= 0.3 is 0 Å². The zero-order valence-corrected chi connectivity index (χ0v) is 4.23. The maximum absolute atomic E-state index is 9.58. The van der Waals surface area contributed by atoms with Crippen LogP contribution in [-0.2, 0) is 9.53 Å². The van der Waals surface area contributed by atoms with E-state index in [9.17, 15) is 4.79 Å². The van der Waals surface area contributed by atoms with Gasteiger partial charge in [-0.1, -0.05) is 0 Å². The van der Waals surface area contributed by atoms with Crippen molar-refractivity contribution in [2.75, 3.05) is 6.61 Å². The quantitative estimate of drug-likeness (QED) is 0.373. The predicted octanol–water partition coefficient (Wildman–Crippen LogP) is 0.572. The van der Waals surface area contributed by atoms with Gasteiger partial charge in [0.15, 0.2) is 11.7 Å². The summed E-state index contributed by atoms with van der Waals surface area (Å²) in [4.78, 5) is 9.58. The molecule has 0 amide bonds. The Labute approximate surface area is 42.8 Å². The SMILES string of the molecule is [CH2]COC(C)=C=O. The highest BCUT2D eigenvalue weighted by molar-refractivity contribution is 5.48. The summed E-state index contributed by atoms with van der Waals surface area (Å²) in [5.74, 6) is 1.83. The lowest BCUT2D eigenvalue weighted by Crippen LogP contribution is -1.85. The van der Waals surface area contributed by atoms with E-state index in [4.69, 9.17) is 0 Å². The van der Waals surface area contributed by atoms with Gasteiger partial charge in [0.25, 0.3) is 0 Å². The average molecular weight is 99.1 g/mol. The van der Waals surface area contributed by atoms with Gasteiger partial charge in [-0.2, -0.15) is 0 Å². The van der Waals surface area contributed by atoms with Crippen LogP contribution in [0.15, 0.2) is 5.76 Å². The van der Waals surface area contributed by atoms with E-state index in [0.29, 0.717) is 6.61 Å². The summed E-state index contributed by atoms with van der Waals surface area (Å²) in [5.41, 5.74) is 0. The molecule has 0 aliphatic heterocycles. The predicted molar refractivity (Wildman–Crippen MR) is 26.2 cm³/mol. The minimum Gasteiger partial charge on any atom is -0.487 e. The monoisotopic (exact) mass is 99.0 g/mol. The van der Waals surface area contributed by atoms with Crippen molar-refractivity contribution in [3.63, 3.8) is 0 Å². The Kier molecular flexibility index (Phi) is 3.07. The molecule has 39 valence electrons. The number of allylic oxidation sites excluding steroid dienone is 1. The Morgan fingerprint density at radius 3 is 2.71 bits per heavy atom. The number of carbonyl (C=O) groups excluding carboxylic acids is 1. The minimum atomic E-state index is 0.259. The van der Waals surface area contributed by atoms with Gasteiger partial charge in [-0.25, -0.2) is 4.79 Å². The second-order valence-electron chi connectivity index (χ2n) is 1.01. The lowest BCUT2D eigenvalue weighted by molar-refractivity contribution is 0.251. The Morgan fingerprint density at radius 1 is 2.00 bits per heavy atom. The van der Waals surface area contributed by atoms with Gasteiger partial charge in [0.2, 0.25) is 0 Å². The van der Waals surface area contributed by atoms with Crippen LogP contribution in [0.1, 0.15) is 6.92 Å². The summed E-state index contributed by atoms with van der Waals surface area (Å²) in [7, 11) is 0. The summed E-state index contributed by atoms with van der Waals surface area (Å²) in [6, 6.07) is 0. The van der Waals surface area contributed by atoms with E-state index in [1.165, 1.54) is 6.92 Å². The standard InChI is InChI=1S/C5H7O2/c1-3-7-5(2)4-6/h1,3H2,2H3. The molecule has 7 heavy (non-hydrogen) atoms. The topological polar surface area (TPSA) is 26.3 Å². The molecule has 0 saturated carbocycles. The van der Waals surface area contributed by atoms with E-state index in [1.807, 2.05) is 0 Å². The molecule has 2 nitrogen and oxygen atoms in total. The molecule has 0 aromatic carbocycles. The number of hydrogen-bond donors (Lipinski definition) is 0. The first-order chi connectivity index (χ1) is 3.31. The van der Waals surface area contributed by atoms with Crippen molar-refractivity contribution >= 4 is 5.94 Å². The van der Waals surface area contributed by atoms with Crippen LogP contribution in [0.3, 0.4) is 0 Å². The molecule has 0 fully saturated rings. The number of ether oxygens (including phenoxy) is 1. The van der Waals surface area contributed by atoms with Gasteiger partial charge in [0.05, 0.1) is 6.61 Å². The summed E-state index contributed by atoms with van der Waals surface area (Å²) in [6.45, 7) is 5.18. The van der Waals surface area contributed by atoms with E-state index < -0.39 is 0 Å². The first-order valence-corrected chi connectivity index (χ1v) is 1.95. The molecule has 0 rings (SSSR count). The van der Waals surface area contributed by atoms with Crippen molar-refractivity contribution in [1.29, 1.82) is 0 Å². The highest BCUT2D eigenvalue weighted by Crippen LogP contribution is 1.84. The summed E-state index contributed by atoms with van der Waals surface area (Å²) in [6.07, 6.45) is 0. The second-order valence-corrected chi connectivity index (χ2v) is 1.01. The molecule has 0 saturated heterocycles. The third-order valence-corrected chi connectivity index (χ3v) is 0.462. The zero-order valence-electron chi connectivity index (χ0n) is 4.23. The highest BCUT2D eigenvalue weighted by atomic mass is 16.5. The normalized spacial score (nSPS) is 7.14. The first-order valence-electron chi connectivity index (χ1n) is 1.95. The van der Waals surface area contributed by atoms with E-state index >= 15 is 0 Å². The van der Waals surface area contributed by atoms with Gasteiger partial charge in [-0.05, 0) is 6.92 Å². The molecular weight excluding hydrogens is 92.1 g/mol. The maximum atomic E-state index is 9.58. The van der Waals surface area contributed by atoms with Crippen LogP contribution < -0.4 is 0 Å². The molecule has 2 heteroatoms. The Morgan fingerprint density at radius 2 is 2.57 bits per heavy atom. The molecule has 0 aromatic heterocycles. The number of hydrogen-bond acceptors (Lipinski definition) is 2. The molecule has 0 atom stereocenters. The maximum Gasteiger partial charge on any atom is 0.176 e. The molecule has 0 bridgehead atoms. The highest BCUT2D eigenvalue weighted by Gasteiger charge is 1.80. The van der Waals surface area contributed by atoms with Crippen molar-refractivity contribution in [1.82, 2.24) is 0 Å². The van der Waals surface area contributed by atoms with E-state index in [2.05, 4.69) is 11.7 Å².